The summed E-state index contributed by atoms with van der Waals surface area (Å²) in [7, 11) is 0. The molecule has 0 spiro atoms. The van der Waals surface area contributed by atoms with Gasteiger partial charge in [0.2, 0.25) is 0 Å². The molecule has 0 amide bonds. The molecule has 0 aromatic heterocycles. The van der Waals surface area contributed by atoms with Crippen molar-refractivity contribution < 1.29 is 0 Å². The van der Waals surface area contributed by atoms with Gasteiger partial charge >= 0.3 is 0 Å². The molecule has 0 saturated carbocycles. The lowest BCUT2D eigenvalue weighted by Crippen LogP contribution is -2.50. The zero-order valence-corrected chi connectivity index (χ0v) is 17.0. The van der Waals surface area contributed by atoms with Crippen LogP contribution in [0, 0.1) is 0 Å². The smallest absolute Gasteiger partial charge is 0.0584 e. The van der Waals surface area contributed by atoms with Crippen molar-refractivity contribution in [3.05, 3.63) is 0 Å². The number of aliphatic imine (C=N–C) groups is 2. The summed E-state index contributed by atoms with van der Waals surface area (Å²) in [6.07, 6.45) is 6.39. The summed E-state index contributed by atoms with van der Waals surface area (Å²) < 4.78 is 0. The van der Waals surface area contributed by atoms with Gasteiger partial charge in [0, 0.05) is 48.4 Å². The zero-order valence-electron chi connectivity index (χ0n) is 17.0. The highest BCUT2D eigenvalue weighted by Gasteiger charge is 2.25. The highest BCUT2D eigenvalue weighted by atomic mass is 15.0. The van der Waals surface area contributed by atoms with Crippen molar-refractivity contribution in [3.63, 3.8) is 0 Å². The highest BCUT2D eigenvalue weighted by Crippen LogP contribution is 2.19. The van der Waals surface area contributed by atoms with E-state index in [-0.39, 0.29) is 11.1 Å². The van der Waals surface area contributed by atoms with Gasteiger partial charge in [0.1, 0.15) is 0 Å². The third-order valence-electron chi connectivity index (χ3n) is 5.56. The van der Waals surface area contributed by atoms with E-state index in [2.05, 4.69) is 52.2 Å². The van der Waals surface area contributed by atoms with Gasteiger partial charge in [0.25, 0.3) is 0 Å². The van der Waals surface area contributed by atoms with Gasteiger partial charge in [-0.05, 0) is 39.5 Å². The second-order valence-electron chi connectivity index (χ2n) is 7.64. The van der Waals surface area contributed by atoms with E-state index in [9.17, 15) is 0 Å². The quantitative estimate of drug-likeness (QED) is 0.815. The molecule has 2 N–H and O–H groups in total. The summed E-state index contributed by atoms with van der Waals surface area (Å²) in [6.45, 7) is 17.3. The van der Waals surface area contributed by atoms with Gasteiger partial charge in [-0.1, -0.05) is 27.7 Å². The van der Waals surface area contributed by atoms with Crippen molar-refractivity contribution >= 4 is 11.4 Å². The minimum absolute atomic E-state index is 0.140. The van der Waals surface area contributed by atoms with Crippen molar-refractivity contribution in [3.8, 4) is 0 Å². The molecule has 2 atom stereocenters. The van der Waals surface area contributed by atoms with Crippen LogP contribution in [0.15, 0.2) is 9.98 Å². The molecule has 0 aliphatic carbocycles. The van der Waals surface area contributed by atoms with Crippen LogP contribution < -0.4 is 10.6 Å². The molecule has 1 aliphatic heterocycles. The first kappa shape index (κ1) is 21.3. The maximum absolute atomic E-state index is 4.85. The Hall–Kier alpha value is -0.740. The molecular formula is C20H40N4. The van der Waals surface area contributed by atoms with Crippen molar-refractivity contribution in [2.75, 3.05) is 26.2 Å². The van der Waals surface area contributed by atoms with E-state index in [4.69, 9.17) is 9.98 Å². The Morgan fingerprint density at radius 1 is 0.750 bits per heavy atom. The van der Waals surface area contributed by atoms with Crippen molar-refractivity contribution in [2.45, 2.75) is 91.1 Å². The molecule has 2 unspecified atom stereocenters. The van der Waals surface area contributed by atoms with Crippen molar-refractivity contribution in [1.29, 1.82) is 0 Å². The van der Waals surface area contributed by atoms with Gasteiger partial charge < -0.3 is 10.6 Å². The molecule has 24 heavy (non-hydrogen) atoms. The van der Waals surface area contributed by atoms with Crippen LogP contribution in [0.2, 0.25) is 0 Å². The predicted octanol–water partition coefficient (Wildman–Crippen LogP) is 4.00. The molecule has 0 fully saturated rings. The van der Waals surface area contributed by atoms with E-state index in [0.717, 1.165) is 64.7 Å². The third-order valence-corrected chi connectivity index (χ3v) is 5.56. The summed E-state index contributed by atoms with van der Waals surface area (Å²) in [6, 6.07) is 0. The van der Waals surface area contributed by atoms with E-state index < -0.39 is 0 Å². The van der Waals surface area contributed by atoms with E-state index in [1.54, 1.807) is 0 Å². The van der Waals surface area contributed by atoms with Gasteiger partial charge in [0.15, 0.2) is 0 Å². The van der Waals surface area contributed by atoms with Crippen LogP contribution in [0.4, 0.5) is 0 Å². The van der Waals surface area contributed by atoms with Crippen molar-refractivity contribution in [2.24, 2.45) is 9.98 Å². The molecule has 4 heteroatoms. The Balaban J connectivity index is 2.95. The summed E-state index contributed by atoms with van der Waals surface area (Å²) in [5.74, 6) is 0. The maximum atomic E-state index is 4.85. The van der Waals surface area contributed by atoms with E-state index in [0.29, 0.717) is 0 Å². The first-order chi connectivity index (χ1) is 11.4. The lowest BCUT2D eigenvalue weighted by molar-refractivity contribution is 0.317. The highest BCUT2D eigenvalue weighted by molar-refractivity contribution is 5.86. The summed E-state index contributed by atoms with van der Waals surface area (Å²) >= 11 is 0. The van der Waals surface area contributed by atoms with Gasteiger partial charge in [-0.25, -0.2) is 0 Å². The number of hydrogen-bond acceptors (Lipinski definition) is 4. The van der Waals surface area contributed by atoms with Gasteiger partial charge in [0.05, 0.1) is 13.1 Å². The van der Waals surface area contributed by atoms with Crippen LogP contribution in [-0.4, -0.2) is 48.7 Å². The SMILES string of the molecule is CCC1=NCCN=C(CC)CC(C)(CC)NCCNC(C)(CC)C1. The first-order valence-electron chi connectivity index (χ1n) is 9.94. The molecule has 4 nitrogen and oxygen atoms in total. The molecule has 0 bridgehead atoms. The van der Waals surface area contributed by atoms with Crippen molar-refractivity contribution in [1.82, 2.24) is 10.6 Å². The Morgan fingerprint density at radius 3 is 1.42 bits per heavy atom. The fraction of sp³-hybridized carbons (Fsp3) is 0.900. The Bertz CT molecular complexity index is 389. The molecular weight excluding hydrogens is 296 g/mol. The lowest BCUT2D eigenvalue weighted by Gasteiger charge is -2.34. The van der Waals surface area contributed by atoms with Crippen LogP contribution in [0.5, 0.6) is 0 Å². The average molecular weight is 337 g/mol. The van der Waals surface area contributed by atoms with Crippen LogP contribution in [0.1, 0.15) is 80.1 Å². The van der Waals surface area contributed by atoms with Gasteiger partial charge in [-0.3, -0.25) is 9.98 Å². The van der Waals surface area contributed by atoms with Crippen LogP contribution in [-0.2, 0) is 0 Å². The molecule has 0 radical (unpaired) electrons. The second kappa shape index (κ2) is 10.3. The average Bonchev–Trinajstić information content (AvgIpc) is 2.59. The number of nitrogens with one attached hydrogen (secondary N) is 2. The number of rotatable bonds is 4. The predicted molar refractivity (Wildman–Crippen MR) is 108 cm³/mol. The van der Waals surface area contributed by atoms with E-state index in [1.807, 2.05) is 0 Å². The lowest BCUT2D eigenvalue weighted by atomic mass is 9.90. The van der Waals surface area contributed by atoms with E-state index in [1.165, 1.54) is 11.4 Å². The molecule has 1 rings (SSSR count). The second-order valence-corrected chi connectivity index (χ2v) is 7.64. The summed E-state index contributed by atoms with van der Waals surface area (Å²) in [4.78, 5) is 9.70. The summed E-state index contributed by atoms with van der Waals surface area (Å²) in [5, 5.41) is 7.55. The molecule has 1 heterocycles. The van der Waals surface area contributed by atoms with Gasteiger partial charge in [-0.2, -0.15) is 0 Å². The van der Waals surface area contributed by atoms with Crippen LogP contribution in [0.25, 0.3) is 0 Å². The fourth-order valence-corrected chi connectivity index (χ4v) is 3.26. The molecule has 140 valence electrons. The molecule has 1 aliphatic rings. The standard InChI is InChI=1S/C20H40N4/c1-7-17-15-19(5,9-3)23-13-14-24-20(6,10-4)16-18(8-2)22-12-11-21-17/h23-24H,7-16H2,1-6H3. The van der Waals surface area contributed by atoms with Gasteiger partial charge in [-0.15, -0.1) is 0 Å². The third kappa shape index (κ3) is 7.02. The topological polar surface area (TPSA) is 48.8 Å². The largest absolute Gasteiger partial charge is 0.310 e. The Morgan fingerprint density at radius 2 is 1.12 bits per heavy atom. The number of nitrogens with zero attached hydrogens (tertiary/aromatic N) is 2. The summed E-state index contributed by atoms with van der Waals surface area (Å²) in [5.41, 5.74) is 2.93. The zero-order chi connectivity index (χ0) is 18.1. The van der Waals surface area contributed by atoms with Crippen LogP contribution >= 0.6 is 0 Å². The number of hydrogen-bond donors (Lipinski definition) is 2. The molecule has 0 aromatic rings. The first-order valence-corrected chi connectivity index (χ1v) is 9.94. The van der Waals surface area contributed by atoms with Crippen LogP contribution in [0.3, 0.4) is 0 Å². The minimum atomic E-state index is 0.140. The monoisotopic (exact) mass is 336 g/mol. The molecule has 0 aromatic carbocycles. The fourth-order valence-electron chi connectivity index (χ4n) is 3.26. The molecule has 0 saturated heterocycles. The Labute approximate surface area is 150 Å². The van der Waals surface area contributed by atoms with E-state index >= 15 is 0 Å². The normalized spacial score (nSPS) is 31.1. The maximum Gasteiger partial charge on any atom is 0.0584 e. The Kier molecular flexibility index (Phi) is 9.14. The minimum Gasteiger partial charge on any atom is -0.310 e.